The fourth-order valence-electron chi connectivity index (χ4n) is 3.43. The highest BCUT2D eigenvalue weighted by molar-refractivity contribution is 14.0. The number of nitrogens with zero attached hydrogens (tertiary/aromatic N) is 2. The van der Waals surface area contributed by atoms with Crippen LogP contribution < -0.4 is 5.32 Å². The van der Waals surface area contributed by atoms with Gasteiger partial charge in [0, 0.05) is 48.0 Å². The third-order valence-corrected chi connectivity index (χ3v) is 6.84. The number of hydrogen-bond donors (Lipinski definition) is 1. The van der Waals surface area contributed by atoms with E-state index in [9.17, 15) is 4.21 Å². The molecule has 0 saturated carbocycles. The van der Waals surface area contributed by atoms with Gasteiger partial charge in [-0.1, -0.05) is 37.3 Å². The lowest BCUT2D eigenvalue weighted by Crippen LogP contribution is -2.48. The van der Waals surface area contributed by atoms with Gasteiger partial charge in [0.15, 0.2) is 5.96 Å². The van der Waals surface area contributed by atoms with Gasteiger partial charge in [0.25, 0.3) is 0 Å². The average molecular weight is 491 g/mol. The van der Waals surface area contributed by atoms with Crippen LogP contribution in [0.4, 0.5) is 0 Å². The summed E-state index contributed by atoms with van der Waals surface area (Å²) < 4.78 is 12.0. The number of benzene rings is 1. The maximum absolute atomic E-state index is 12.2. The Labute approximate surface area is 178 Å². The van der Waals surface area contributed by atoms with Gasteiger partial charge in [-0.25, -0.2) is 0 Å². The molecular weight excluding hydrogens is 457 g/mol. The smallest absolute Gasteiger partial charge is 0.193 e. The molecule has 0 aromatic heterocycles. The Kier molecular flexibility index (Phi) is 9.58. The molecule has 0 radical (unpaired) electrons. The molecule has 26 heavy (non-hydrogen) atoms. The third kappa shape index (κ3) is 6.51. The summed E-state index contributed by atoms with van der Waals surface area (Å²) in [5.74, 6) is 2.78. The number of nitrogens with one attached hydrogen (secondary N) is 1. The quantitative estimate of drug-likeness (QED) is 0.396. The lowest BCUT2D eigenvalue weighted by atomic mass is 9.82. The molecule has 1 fully saturated rings. The van der Waals surface area contributed by atoms with E-state index in [0.717, 1.165) is 25.5 Å². The standard InChI is InChI=1S/C20H33N3OS.HI/c1-16-15-23(13-11-18(16)17-9-7-6-8-10-17)19(21-5)22-12-14-25(24)20(2,3)4;/h6-10,16,18H,11-15H2,1-5H3,(H,21,22);1H. The topological polar surface area (TPSA) is 44.7 Å². The Hall–Kier alpha value is -0.630. The van der Waals surface area contributed by atoms with Crippen molar-refractivity contribution in [1.29, 1.82) is 0 Å². The van der Waals surface area contributed by atoms with Crippen molar-refractivity contribution in [3.63, 3.8) is 0 Å². The van der Waals surface area contributed by atoms with Crippen LogP contribution in [-0.2, 0) is 10.8 Å². The summed E-state index contributed by atoms with van der Waals surface area (Å²) in [5.41, 5.74) is 1.44. The van der Waals surface area contributed by atoms with Gasteiger partial charge in [0.05, 0.1) is 0 Å². The second-order valence-electron chi connectivity index (χ2n) is 7.87. The average Bonchev–Trinajstić information content (AvgIpc) is 2.58. The first-order valence-corrected chi connectivity index (χ1v) is 10.5. The van der Waals surface area contributed by atoms with Crippen LogP contribution in [0.3, 0.4) is 0 Å². The Bertz CT molecular complexity index is 601. The summed E-state index contributed by atoms with van der Waals surface area (Å²) in [6, 6.07) is 10.8. The maximum atomic E-state index is 12.2. The minimum Gasteiger partial charge on any atom is -0.355 e. The Morgan fingerprint density at radius 2 is 1.96 bits per heavy atom. The molecule has 1 aromatic rings. The highest BCUT2D eigenvalue weighted by Gasteiger charge is 2.28. The third-order valence-electron chi connectivity index (χ3n) is 4.90. The minimum atomic E-state index is -0.834. The van der Waals surface area contributed by atoms with Gasteiger partial charge in [0.2, 0.25) is 0 Å². The SMILES string of the molecule is CN=C(NCCS(=O)C(C)(C)C)N1CCC(c2ccccc2)C(C)C1.I. The molecule has 1 aromatic carbocycles. The van der Waals surface area contributed by atoms with Crippen molar-refractivity contribution in [2.24, 2.45) is 10.9 Å². The highest BCUT2D eigenvalue weighted by atomic mass is 127. The lowest BCUT2D eigenvalue weighted by Gasteiger charge is -2.39. The zero-order chi connectivity index (χ0) is 18.4. The van der Waals surface area contributed by atoms with E-state index in [1.54, 1.807) is 0 Å². The number of aliphatic imine (C=N–C) groups is 1. The molecule has 1 N–H and O–H groups in total. The van der Waals surface area contributed by atoms with Crippen molar-refractivity contribution >= 4 is 40.7 Å². The van der Waals surface area contributed by atoms with Crippen molar-refractivity contribution in [3.05, 3.63) is 35.9 Å². The Morgan fingerprint density at radius 1 is 1.31 bits per heavy atom. The summed E-state index contributed by atoms with van der Waals surface area (Å²) in [5, 5.41) is 3.40. The highest BCUT2D eigenvalue weighted by Crippen LogP contribution is 2.32. The fraction of sp³-hybridized carbons (Fsp3) is 0.650. The first-order valence-electron chi connectivity index (χ1n) is 9.22. The molecule has 1 aliphatic rings. The molecule has 6 heteroatoms. The van der Waals surface area contributed by atoms with Crippen LogP contribution in [0.2, 0.25) is 0 Å². The predicted molar refractivity (Wildman–Crippen MR) is 124 cm³/mol. The van der Waals surface area contributed by atoms with Crippen molar-refractivity contribution in [1.82, 2.24) is 10.2 Å². The lowest BCUT2D eigenvalue weighted by molar-refractivity contribution is 0.235. The second-order valence-corrected chi connectivity index (χ2v) is 10.2. The largest absolute Gasteiger partial charge is 0.355 e. The van der Waals surface area contributed by atoms with Crippen molar-refractivity contribution in [2.45, 2.75) is 44.8 Å². The van der Waals surface area contributed by atoms with Gasteiger partial charge in [0.1, 0.15) is 0 Å². The molecule has 3 unspecified atom stereocenters. The van der Waals surface area contributed by atoms with Gasteiger partial charge >= 0.3 is 0 Å². The summed E-state index contributed by atoms with van der Waals surface area (Å²) in [7, 11) is 0.996. The first kappa shape index (κ1) is 23.4. The van der Waals surface area contributed by atoms with E-state index >= 15 is 0 Å². The van der Waals surface area contributed by atoms with Gasteiger partial charge < -0.3 is 10.2 Å². The first-order chi connectivity index (χ1) is 11.8. The van der Waals surface area contributed by atoms with Crippen molar-refractivity contribution in [2.75, 3.05) is 32.4 Å². The second kappa shape index (κ2) is 10.6. The minimum absolute atomic E-state index is 0. The van der Waals surface area contributed by atoms with E-state index in [-0.39, 0.29) is 28.7 Å². The molecular formula is C20H34IN3OS. The molecule has 1 heterocycles. The number of piperidine rings is 1. The van der Waals surface area contributed by atoms with E-state index in [2.05, 4.69) is 52.5 Å². The maximum Gasteiger partial charge on any atom is 0.193 e. The molecule has 0 amide bonds. The molecule has 148 valence electrons. The van der Waals surface area contributed by atoms with Crippen LogP contribution in [0.1, 0.15) is 45.6 Å². The summed E-state index contributed by atoms with van der Waals surface area (Å²) in [4.78, 5) is 6.77. The van der Waals surface area contributed by atoms with Crippen LogP contribution in [0.25, 0.3) is 0 Å². The number of guanidine groups is 1. The van der Waals surface area contributed by atoms with E-state index in [1.807, 2.05) is 27.8 Å². The summed E-state index contributed by atoms with van der Waals surface area (Å²) in [6.07, 6.45) is 1.14. The molecule has 2 rings (SSSR count). The monoisotopic (exact) mass is 491 g/mol. The molecule has 0 aliphatic carbocycles. The van der Waals surface area contributed by atoms with Crippen LogP contribution in [0, 0.1) is 5.92 Å². The number of hydrogen-bond acceptors (Lipinski definition) is 2. The van der Waals surface area contributed by atoms with Crippen LogP contribution in [0.5, 0.6) is 0 Å². The van der Waals surface area contributed by atoms with E-state index in [4.69, 9.17) is 0 Å². The van der Waals surface area contributed by atoms with Crippen molar-refractivity contribution in [3.8, 4) is 0 Å². The normalized spacial score (nSPS) is 22.5. The molecule has 1 aliphatic heterocycles. The molecule has 3 atom stereocenters. The van der Waals surface area contributed by atoms with E-state index < -0.39 is 10.8 Å². The predicted octanol–water partition coefficient (Wildman–Crippen LogP) is 3.85. The number of likely N-dealkylation sites (tertiary alicyclic amines) is 1. The zero-order valence-corrected chi connectivity index (χ0v) is 19.8. The van der Waals surface area contributed by atoms with Crippen LogP contribution in [-0.4, -0.2) is 52.3 Å². The number of halogens is 1. The summed E-state index contributed by atoms with van der Waals surface area (Å²) in [6.45, 7) is 11.1. The van der Waals surface area contributed by atoms with Crippen LogP contribution in [0.15, 0.2) is 35.3 Å². The van der Waals surface area contributed by atoms with Gasteiger partial charge in [-0.3, -0.25) is 9.20 Å². The van der Waals surface area contributed by atoms with Gasteiger partial charge in [-0.2, -0.15) is 0 Å². The van der Waals surface area contributed by atoms with Gasteiger partial charge in [-0.15, -0.1) is 24.0 Å². The molecule has 0 spiro atoms. The molecule has 4 nitrogen and oxygen atoms in total. The van der Waals surface area contributed by atoms with Crippen molar-refractivity contribution < 1.29 is 4.21 Å². The zero-order valence-electron chi connectivity index (χ0n) is 16.7. The Morgan fingerprint density at radius 3 is 2.50 bits per heavy atom. The number of rotatable bonds is 4. The van der Waals surface area contributed by atoms with Gasteiger partial charge in [-0.05, 0) is 44.6 Å². The molecule has 0 bridgehead atoms. The van der Waals surface area contributed by atoms with Crippen LogP contribution >= 0.6 is 24.0 Å². The summed E-state index contributed by atoms with van der Waals surface area (Å²) >= 11 is 0. The Balaban J connectivity index is 0.00000338. The molecule has 1 saturated heterocycles. The van der Waals surface area contributed by atoms with E-state index in [1.165, 1.54) is 5.56 Å². The fourth-order valence-corrected chi connectivity index (χ4v) is 4.33. The van der Waals surface area contributed by atoms with E-state index in [0.29, 0.717) is 24.1 Å².